The first-order valence-corrected chi connectivity index (χ1v) is 6.26. The lowest BCUT2D eigenvalue weighted by atomic mass is 10.0. The van der Waals surface area contributed by atoms with Crippen molar-refractivity contribution in [2.24, 2.45) is 5.84 Å². The zero-order chi connectivity index (χ0) is 14.3. The highest BCUT2D eigenvalue weighted by atomic mass is 19.2. The van der Waals surface area contributed by atoms with Crippen molar-refractivity contribution < 1.29 is 18.3 Å². The average Bonchev–Trinajstić information content (AvgIpc) is 2.40. The van der Waals surface area contributed by atoms with Gasteiger partial charge in [-0.25, -0.2) is 8.78 Å². The van der Waals surface area contributed by atoms with Gasteiger partial charge in [0.15, 0.2) is 17.9 Å². The quantitative estimate of drug-likeness (QED) is 0.431. The molecule has 0 fully saturated rings. The number of benzene rings is 1. The molecule has 0 saturated heterocycles. The zero-order valence-corrected chi connectivity index (χ0v) is 11.2. The van der Waals surface area contributed by atoms with Crippen molar-refractivity contribution in [2.75, 3.05) is 13.2 Å². The molecule has 1 aromatic carbocycles. The first kappa shape index (κ1) is 16.0. The second-order valence-electron chi connectivity index (χ2n) is 3.97. The van der Waals surface area contributed by atoms with Crippen LogP contribution in [0.4, 0.5) is 8.78 Å². The minimum Gasteiger partial charge on any atom is -0.351 e. The molecule has 0 aliphatic rings. The highest BCUT2D eigenvalue weighted by molar-refractivity contribution is 5.20. The van der Waals surface area contributed by atoms with Crippen LogP contribution in [0.15, 0.2) is 18.2 Å². The van der Waals surface area contributed by atoms with Gasteiger partial charge in [0, 0.05) is 13.2 Å². The summed E-state index contributed by atoms with van der Waals surface area (Å²) in [5.41, 5.74) is 2.76. The van der Waals surface area contributed by atoms with Gasteiger partial charge in [0.2, 0.25) is 0 Å². The Balaban J connectivity index is 2.82. The Morgan fingerprint density at radius 2 is 1.84 bits per heavy atom. The molecule has 1 aromatic rings. The van der Waals surface area contributed by atoms with Crippen molar-refractivity contribution in [3.8, 4) is 0 Å². The van der Waals surface area contributed by atoms with Crippen LogP contribution in [0.2, 0.25) is 0 Å². The first-order valence-electron chi connectivity index (χ1n) is 6.26. The monoisotopic (exact) mass is 274 g/mol. The van der Waals surface area contributed by atoms with Crippen LogP contribution in [0, 0.1) is 11.6 Å². The largest absolute Gasteiger partial charge is 0.351 e. The maximum Gasteiger partial charge on any atom is 0.174 e. The van der Waals surface area contributed by atoms with Gasteiger partial charge in [-0.15, -0.1) is 0 Å². The molecule has 0 heterocycles. The fourth-order valence-electron chi connectivity index (χ4n) is 1.79. The summed E-state index contributed by atoms with van der Waals surface area (Å²) in [6.45, 7) is 4.52. The number of rotatable bonds is 8. The second kappa shape index (κ2) is 8.16. The molecule has 1 atom stereocenters. The van der Waals surface area contributed by atoms with Crippen LogP contribution in [-0.4, -0.2) is 25.5 Å². The van der Waals surface area contributed by atoms with Crippen LogP contribution >= 0.6 is 0 Å². The van der Waals surface area contributed by atoms with Gasteiger partial charge in [0.25, 0.3) is 0 Å². The fraction of sp³-hybridized carbons (Fsp3) is 0.538. The molecule has 0 spiro atoms. The standard InChI is InChI=1S/C13H20F2N2O2/c1-3-18-13(19-4-2)11(17-16)8-9-6-5-7-10(14)12(9)15/h5-7,11,13,17H,3-4,8,16H2,1-2H3. The summed E-state index contributed by atoms with van der Waals surface area (Å²) in [5.74, 6) is 3.70. The van der Waals surface area contributed by atoms with Gasteiger partial charge < -0.3 is 9.47 Å². The topological polar surface area (TPSA) is 56.5 Å². The van der Waals surface area contributed by atoms with E-state index < -0.39 is 24.0 Å². The maximum atomic E-state index is 13.6. The van der Waals surface area contributed by atoms with Crippen LogP contribution in [0.1, 0.15) is 19.4 Å². The van der Waals surface area contributed by atoms with Crippen molar-refractivity contribution >= 4 is 0 Å². The third-order valence-electron chi connectivity index (χ3n) is 2.68. The molecule has 0 saturated carbocycles. The molecule has 1 unspecified atom stereocenters. The van der Waals surface area contributed by atoms with Crippen LogP contribution < -0.4 is 11.3 Å². The molecule has 0 amide bonds. The van der Waals surface area contributed by atoms with Gasteiger partial charge >= 0.3 is 0 Å². The van der Waals surface area contributed by atoms with Gasteiger partial charge in [0.1, 0.15) is 0 Å². The summed E-state index contributed by atoms with van der Waals surface area (Å²) in [5, 5.41) is 0. The molecule has 0 aliphatic carbocycles. The van der Waals surface area contributed by atoms with Gasteiger partial charge in [-0.2, -0.15) is 0 Å². The Bertz CT molecular complexity index is 385. The zero-order valence-electron chi connectivity index (χ0n) is 11.2. The van der Waals surface area contributed by atoms with E-state index in [1.165, 1.54) is 12.1 Å². The van der Waals surface area contributed by atoms with Crippen molar-refractivity contribution in [3.63, 3.8) is 0 Å². The molecular formula is C13H20F2N2O2. The lowest BCUT2D eigenvalue weighted by molar-refractivity contribution is -0.153. The number of hydrogen-bond donors (Lipinski definition) is 2. The first-order chi connectivity index (χ1) is 9.13. The Morgan fingerprint density at radius 3 is 2.37 bits per heavy atom. The van der Waals surface area contributed by atoms with E-state index in [4.69, 9.17) is 15.3 Å². The SMILES string of the molecule is CCOC(OCC)C(Cc1cccc(F)c1F)NN. The molecule has 0 aromatic heterocycles. The van der Waals surface area contributed by atoms with Crippen molar-refractivity contribution in [3.05, 3.63) is 35.4 Å². The lowest BCUT2D eigenvalue weighted by Crippen LogP contribution is -2.48. The van der Waals surface area contributed by atoms with Crippen molar-refractivity contribution in [2.45, 2.75) is 32.6 Å². The van der Waals surface area contributed by atoms with Crippen LogP contribution in [0.3, 0.4) is 0 Å². The summed E-state index contributed by atoms with van der Waals surface area (Å²) in [6.07, 6.45) is -0.437. The number of hydrazine groups is 1. The molecule has 0 radical (unpaired) electrons. The maximum absolute atomic E-state index is 13.6. The lowest BCUT2D eigenvalue weighted by Gasteiger charge is -2.26. The normalized spacial score (nSPS) is 12.9. The van der Waals surface area contributed by atoms with E-state index in [-0.39, 0.29) is 12.0 Å². The van der Waals surface area contributed by atoms with E-state index in [2.05, 4.69) is 5.43 Å². The van der Waals surface area contributed by atoms with Gasteiger partial charge in [-0.3, -0.25) is 11.3 Å². The van der Waals surface area contributed by atoms with Gasteiger partial charge in [0.05, 0.1) is 6.04 Å². The summed E-state index contributed by atoms with van der Waals surface area (Å²) in [7, 11) is 0. The van der Waals surface area contributed by atoms with Crippen LogP contribution in [0.25, 0.3) is 0 Å². The summed E-state index contributed by atoms with van der Waals surface area (Å²) < 4.78 is 37.5. The highest BCUT2D eigenvalue weighted by Gasteiger charge is 2.23. The predicted molar refractivity (Wildman–Crippen MR) is 68.2 cm³/mol. The van der Waals surface area contributed by atoms with Crippen molar-refractivity contribution in [1.82, 2.24) is 5.43 Å². The molecule has 19 heavy (non-hydrogen) atoms. The third-order valence-corrected chi connectivity index (χ3v) is 2.68. The number of halogens is 2. The smallest absolute Gasteiger partial charge is 0.174 e. The van der Waals surface area contributed by atoms with Gasteiger partial charge in [-0.1, -0.05) is 12.1 Å². The van der Waals surface area contributed by atoms with E-state index in [0.29, 0.717) is 13.2 Å². The number of ether oxygens (including phenoxy) is 2. The molecule has 108 valence electrons. The molecule has 6 heteroatoms. The Morgan fingerprint density at radius 1 is 1.21 bits per heavy atom. The molecular weight excluding hydrogens is 254 g/mol. The predicted octanol–water partition coefficient (Wildman–Crippen LogP) is 1.74. The van der Waals surface area contributed by atoms with E-state index in [9.17, 15) is 8.78 Å². The highest BCUT2D eigenvalue weighted by Crippen LogP contribution is 2.15. The third kappa shape index (κ3) is 4.50. The minimum absolute atomic E-state index is 0.171. The van der Waals surface area contributed by atoms with E-state index >= 15 is 0 Å². The summed E-state index contributed by atoms with van der Waals surface area (Å²) >= 11 is 0. The number of nitrogens with two attached hydrogens (primary N) is 1. The van der Waals surface area contributed by atoms with E-state index in [1.54, 1.807) is 0 Å². The fourth-order valence-corrected chi connectivity index (χ4v) is 1.79. The van der Waals surface area contributed by atoms with Crippen LogP contribution in [0.5, 0.6) is 0 Å². The molecule has 3 N–H and O–H groups in total. The van der Waals surface area contributed by atoms with E-state index in [1.807, 2.05) is 13.8 Å². The molecule has 4 nitrogen and oxygen atoms in total. The Kier molecular flexibility index (Phi) is 6.86. The second-order valence-corrected chi connectivity index (χ2v) is 3.97. The van der Waals surface area contributed by atoms with Gasteiger partial charge in [-0.05, 0) is 31.9 Å². The number of nitrogens with one attached hydrogen (secondary N) is 1. The van der Waals surface area contributed by atoms with Crippen molar-refractivity contribution in [1.29, 1.82) is 0 Å². The molecule has 1 rings (SSSR count). The number of hydrogen-bond acceptors (Lipinski definition) is 4. The molecule has 0 aliphatic heterocycles. The van der Waals surface area contributed by atoms with Crippen LogP contribution in [-0.2, 0) is 15.9 Å². The van der Waals surface area contributed by atoms with E-state index in [0.717, 1.165) is 6.07 Å². The average molecular weight is 274 g/mol. The Labute approximate surface area is 111 Å². The summed E-state index contributed by atoms with van der Waals surface area (Å²) in [6, 6.07) is 3.58. The minimum atomic E-state index is -0.877. The summed E-state index contributed by atoms with van der Waals surface area (Å²) in [4.78, 5) is 0. The molecule has 0 bridgehead atoms. The Hall–Kier alpha value is -1.08.